The Hall–Kier alpha value is -1.29. The fourth-order valence-electron chi connectivity index (χ4n) is 2.56. The van der Waals surface area contributed by atoms with Crippen LogP contribution in [0.4, 0.5) is 5.82 Å². The molecule has 4 nitrogen and oxygen atoms in total. The van der Waals surface area contributed by atoms with E-state index in [9.17, 15) is 9.90 Å². The van der Waals surface area contributed by atoms with Crippen LogP contribution >= 0.6 is 11.6 Å². The summed E-state index contributed by atoms with van der Waals surface area (Å²) in [6.07, 6.45) is 2.14. The van der Waals surface area contributed by atoms with Crippen molar-refractivity contribution in [1.82, 2.24) is 4.98 Å². The van der Waals surface area contributed by atoms with Gasteiger partial charge in [-0.05, 0) is 30.9 Å². The second-order valence-corrected chi connectivity index (χ2v) is 5.34. The van der Waals surface area contributed by atoms with Crippen molar-refractivity contribution in [3.05, 3.63) is 22.8 Å². The third kappa shape index (κ3) is 2.43. The van der Waals surface area contributed by atoms with Crippen molar-refractivity contribution in [2.75, 3.05) is 11.4 Å². The summed E-state index contributed by atoms with van der Waals surface area (Å²) < 4.78 is 0. The van der Waals surface area contributed by atoms with Crippen molar-refractivity contribution >= 4 is 23.4 Å². The minimum Gasteiger partial charge on any atom is -0.478 e. The van der Waals surface area contributed by atoms with Crippen molar-refractivity contribution in [1.29, 1.82) is 0 Å². The number of carboxylic acids is 1. The maximum absolute atomic E-state index is 11.3. The number of nitrogens with zero attached hydrogens (tertiary/aromatic N) is 2. The molecule has 98 valence electrons. The lowest BCUT2D eigenvalue weighted by Gasteiger charge is -2.29. The zero-order chi connectivity index (χ0) is 13.3. The molecule has 0 saturated carbocycles. The number of halogens is 1. The summed E-state index contributed by atoms with van der Waals surface area (Å²) in [7, 11) is 0. The SMILES string of the molecule is CC(C)C1CCCN1c1nc(Cl)ccc1C(=O)O. The van der Waals surface area contributed by atoms with E-state index >= 15 is 0 Å². The Labute approximate surface area is 112 Å². The van der Waals surface area contributed by atoms with E-state index in [0.717, 1.165) is 19.4 Å². The van der Waals surface area contributed by atoms with Crippen LogP contribution in [0.25, 0.3) is 0 Å². The zero-order valence-electron chi connectivity index (χ0n) is 10.6. The maximum Gasteiger partial charge on any atom is 0.339 e. The quantitative estimate of drug-likeness (QED) is 0.856. The summed E-state index contributed by atoms with van der Waals surface area (Å²) >= 11 is 5.90. The minimum atomic E-state index is -0.955. The monoisotopic (exact) mass is 268 g/mol. The Balaban J connectivity index is 2.42. The topological polar surface area (TPSA) is 53.4 Å². The number of aromatic nitrogens is 1. The summed E-state index contributed by atoms with van der Waals surface area (Å²) in [5.74, 6) is 0.0182. The van der Waals surface area contributed by atoms with Crippen LogP contribution < -0.4 is 4.90 Å². The Morgan fingerprint density at radius 2 is 2.28 bits per heavy atom. The molecule has 1 aliphatic rings. The lowest BCUT2D eigenvalue weighted by molar-refractivity contribution is 0.0697. The van der Waals surface area contributed by atoms with E-state index in [-0.39, 0.29) is 5.56 Å². The highest BCUT2D eigenvalue weighted by Crippen LogP contribution is 2.31. The Bertz CT molecular complexity index is 462. The number of anilines is 1. The lowest BCUT2D eigenvalue weighted by Crippen LogP contribution is -2.35. The number of rotatable bonds is 3. The van der Waals surface area contributed by atoms with Gasteiger partial charge in [-0.15, -0.1) is 0 Å². The van der Waals surface area contributed by atoms with Crippen LogP contribution in [-0.4, -0.2) is 28.6 Å². The molecule has 1 aromatic heterocycles. The average molecular weight is 269 g/mol. The van der Waals surface area contributed by atoms with Crippen LogP contribution in [0.2, 0.25) is 5.15 Å². The van der Waals surface area contributed by atoms with E-state index < -0.39 is 5.97 Å². The van der Waals surface area contributed by atoms with Crippen LogP contribution in [0.3, 0.4) is 0 Å². The minimum absolute atomic E-state index is 0.229. The lowest BCUT2D eigenvalue weighted by atomic mass is 10.0. The van der Waals surface area contributed by atoms with Crippen LogP contribution in [0.15, 0.2) is 12.1 Å². The van der Waals surface area contributed by atoms with Crippen molar-refractivity contribution < 1.29 is 9.90 Å². The number of hydrogen-bond acceptors (Lipinski definition) is 3. The summed E-state index contributed by atoms with van der Waals surface area (Å²) in [4.78, 5) is 17.6. The van der Waals surface area contributed by atoms with Crippen molar-refractivity contribution in [3.63, 3.8) is 0 Å². The van der Waals surface area contributed by atoms with Gasteiger partial charge in [0.25, 0.3) is 0 Å². The Morgan fingerprint density at radius 3 is 2.89 bits per heavy atom. The van der Waals surface area contributed by atoms with Gasteiger partial charge in [-0.1, -0.05) is 25.4 Å². The number of carbonyl (C=O) groups is 1. The van der Waals surface area contributed by atoms with Gasteiger partial charge < -0.3 is 10.0 Å². The summed E-state index contributed by atoms with van der Waals surface area (Å²) in [5, 5.41) is 9.57. The van der Waals surface area contributed by atoms with E-state index in [4.69, 9.17) is 11.6 Å². The predicted octanol–water partition coefficient (Wildman–Crippen LogP) is 3.06. The van der Waals surface area contributed by atoms with Crippen LogP contribution in [-0.2, 0) is 0 Å². The average Bonchev–Trinajstić information content (AvgIpc) is 2.77. The molecule has 5 heteroatoms. The number of aromatic carboxylic acids is 1. The van der Waals surface area contributed by atoms with Crippen molar-refractivity contribution in [2.45, 2.75) is 32.7 Å². The zero-order valence-corrected chi connectivity index (χ0v) is 11.3. The van der Waals surface area contributed by atoms with Gasteiger partial charge >= 0.3 is 5.97 Å². The molecule has 0 radical (unpaired) electrons. The molecule has 2 heterocycles. The second-order valence-electron chi connectivity index (χ2n) is 4.96. The second kappa shape index (κ2) is 5.14. The molecule has 0 bridgehead atoms. The van der Waals surface area contributed by atoms with E-state index in [2.05, 4.69) is 23.7 Å². The molecule has 0 amide bonds. The van der Waals surface area contributed by atoms with Gasteiger partial charge in [0.2, 0.25) is 0 Å². The molecular weight excluding hydrogens is 252 g/mol. The van der Waals surface area contributed by atoms with Crippen LogP contribution in [0.5, 0.6) is 0 Å². The first-order chi connectivity index (χ1) is 8.50. The van der Waals surface area contributed by atoms with Gasteiger partial charge in [0.1, 0.15) is 16.5 Å². The van der Waals surface area contributed by atoms with E-state index in [0.29, 0.717) is 22.9 Å². The van der Waals surface area contributed by atoms with Gasteiger partial charge in [-0.3, -0.25) is 0 Å². The maximum atomic E-state index is 11.3. The summed E-state index contributed by atoms with van der Waals surface area (Å²) in [6.45, 7) is 5.14. The first-order valence-electron chi connectivity index (χ1n) is 6.17. The molecule has 0 spiro atoms. The highest BCUT2D eigenvalue weighted by Gasteiger charge is 2.30. The molecule has 18 heavy (non-hydrogen) atoms. The molecule has 1 N–H and O–H groups in total. The van der Waals surface area contributed by atoms with Gasteiger partial charge in [0.15, 0.2) is 0 Å². The number of carboxylic acid groups (broad SMARTS) is 1. The van der Waals surface area contributed by atoms with Gasteiger partial charge in [-0.2, -0.15) is 0 Å². The predicted molar refractivity (Wildman–Crippen MR) is 71.4 cm³/mol. The molecule has 1 atom stereocenters. The largest absolute Gasteiger partial charge is 0.478 e. The van der Waals surface area contributed by atoms with Crippen LogP contribution in [0.1, 0.15) is 37.0 Å². The third-order valence-corrected chi connectivity index (χ3v) is 3.62. The van der Waals surface area contributed by atoms with Gasteiger partial charge in [0, 0.05) is 12.6 Å². The Kier molecular flexibility index (Phi) is 3.76. The van der Waals surface area contributed by atoms with E-state index in [1.54, 1.807) is 0 Å². The third-order valence-electron chi connectivity index (χ3n) is 3.41. The molecule has 1 unspecified atom stereocenters. The van der Waals surface area contributed by atoms with Gasteiger partial charge in [-0.25, -0.2) is 9.78 Å². The fraction of sp³-hybridized carbons (Fsp3) is 0.538. The highest BCUT2D eigenvalue weighted by atomic mass is 35.5. The molecule has 1 saturated heterocycles. The summed E-state index contributed by atoms with van der Waals surface area (Å²) in [6, 6.07) is 3.39. The van der Waals surface area contributed by atoms with Crippen LogP contribution in [0, 0.1) is 5.92 Å². The molecule has 1 fully saturated rings. The molecule has 0 aromatic carbocycles. The normalized spacial score (nSPS) is 19.6. The molecule has 1 aliphatic heterocycles. The Morgan fingerprint density at radius 1 is 1.56 bits per heavy atom. The van der Waals surface area contributed by atoms with Crippen molar-refractivity contribution in [3.8, 4) is 0 Å². The van der Waals surface area contributed by atoms with Gasteiger partial charge in [0.05, 0.1) is 0 Å². The molecule has 2 rings (SSSR count). The number of hydrogen-bond donors (Lipinski definition) is 1. The highest BCUT2D eigenvalue weighted by molar-refractivity contribution is 6.29. The summed E-state index contributed by atoms with van der Waals surface area (Å²) in [5.41, 5.74) is 0.229. The van der Waals surface area contributed by atoms with E-state index in [1.807, 2.05) is 0 Å². The molecule has 0 aliphatic carbocycles. The van der Waals surface area contributed by atoms with E-state index in [1.165, 1.54) is 12.1 Å². The first kappa shape index (κ1) is 13.1. The fourth-order valence-corrected chi connectivity index (χ4v) is 2.70. The standard InChI is InChI=1S/C13H17ClN2O2/c1-8(2)10-4-3-7-16(10)12-9(13(17)18)5-6-11(14)15-12/h5-6,8,10H,3-4,7H2,1-2H3,(H,17,18). The molecular formula is C13H17ClN2O2. The smallest absolute Gasteiger partial charge is 0.339 e. The number of pyridine rings is 1. The van der Waals surface area contributed by atoms with Crippen molar-refractivity contribution in [2.24, 2.45) is 5.92 Å². The molecule has 1 aromatic rings. The first-order valence-corrected chi connectivity index (χ1v) is 6.55.